The molecule has 0 amide bonds. The summed E-state index contributed by atoms with van der Waals surface area (Å²) in [6, 6.07) is 4.04. The van der Waals surface area contributed by atoms with Crippen LogP contribution in [0.5, 0.6) is 0 Å². The van der Waals surface area contributed by atoms with Gasteiger partial charge in [-0.05, 0) is 6.07 Å². The second-order valence-electron chi connectivity index (χ2n) is 2.98. The van der Waals surface area contributed by atoms with E-state index in [1.165, 1.54) is 6.07 Å². The number of esters is 1. The van der Waals surface area contributed by atoms with Crippen LogP contribution in [0.25, 0.3) is 0 Å². The van der Waals surface area contributed by atoms with E-state index in [1.54, 1.807) is 6.07 Å². The quantitative estimate of drug-likeness (QED) is 0.356. The number of alkyl halides is 1. The maximum Gasteiger partial charge on any atom is 0.339 e. The van der Waals surface area contributed by atoms with Crippen LogP contribution in [0.2, 0.25) is 0 Å². The summed E-state index contributed by atoms with van der Waals surface area (Å²) in [6.45, 7) is 0. The molecule has 0 saturated carbocycles. The van der Waals surface area contributed by atoms with Gasteiger partial charge in [-0.1, -0.05) is 0 Å². The summed E-state index contributed by atoms with van der Waals surface area (Å²) in [4.78, 5) is 21.4. The van der Waals surface area contributed by atoms with Crippen LogP contribution in [0.1, 0.15) is 21.5 Å². The molecule has 0 fully saturated rings. The van der Waals surface area contributed by atoms with Gasteiger partial charge < -0.3 is 4.74 Å². The van der Waals surface area contributed by atoms with E-state index in [-0.39, 0.29) is 28.3 Å². The van der Waals surface area contributed by atoms with Crippen molar-refractivity contribution in [3.8, 4) is 6.07 Å². The van der Waals surface area contributed by atoms with Gasteiger partial charge in [0.05, 0.1) is 34.6 Å². The summed E-state index contributed by atoms with van der Waals surface area (Å²) in [5.41, 5.74) is -0.427. The Hall–Kier alpha value is -2.13. The largest absolute Gasteiger partial charge is 0.465 e. The molecule has 0 spiro atoms. The summed E-state index contributed by atoms with van der Waals surface area (Å²) < 4.78 is 4.48. The summed E-state index contributed by atoms with van der Waals surface area (Å²) in [5.74, 6) is -0.966. The average Bonchev–Trinajstić information content (AvgIpc) is 2.35. The molecule has 0 unspecified atom stereocenters. The highest BCUT2D eigenvalue weighted by Crippen LogP contribution is 2.27. The van der Waals surface area contributed by atoms with E-state index in [4.69, 9.17) is 16.9 Å². The van der Waals surface area contributed by atoms with Gasteiger partial charge in [0.15, 0.2) is 0 Å². The Balaban J connectivity index is 3.55. The number of nitro benzene ring substituents is 1. The lowest BCUT2D eigenvalue weighted by molar-refractivity contribution is -0.385. The van der Waals surface area contributed by atoms with Gasteiger partial charge in [0.1, 0.15) is 6.07 Å². The van der Waals surface area contributed by atoms with Gasteiger partial charge in [0.25, 0.3) is 5.69 Å². The first kappa shape index (κ1) is 12.9. The smallest absolute Gasteiger partial charge is 0.339 e. The standard InChI is InChI=1S/C10H7ClN2O4/c1-17-10(14)6-2-3-9(13(15)16)7(4-11)8(6)5-12/h2-3H,4H2,1H3. The second-order valence-corrected chi connectivity index (χ2v) is 3.25. The number of rotatable bonds is 3. The van der Waals surface area contributed by atoms with Crippen molar-refractivity contribution in [2.75, 3.05) is 7.11 Å². The SMILES string of the molecule is COC(=O)c1ccc([N+](=O)[O-])c(CCl)c1C#N. The van der Waals surface area contributed by atoms with E-state index in [2.05, 4.69) is 4.74 Å². The molecule has 17 heavy (non-hydrogen) atoms. The number of methoxy groups -OCH3 is 1. The molecule has 0 saturated heterocycles. The monoisotopic (exact) mass is 254 g/mol. The van der Waals surface area contributed by atoms with Crippen LogP contribution in [-0.2, 0) is 10.6 Å². The molecule has 0 aliphatic carbocycles. The first-order valence-electron chi connectivity index (χ1n) is 4.41. The summed E-state index contributed by atoms with van der Waals surface area (Å²) in [7, 11) is 1.16. The van der Waals surface area contributed by atoms with Crippen molar-refractivity contribution in [2.24, 2.45) is 0 Å². The molecule has 0 aromatic heterocycles. The zero-order valence-electron chi connectivity index (χ0n) is 8.77. The van der Waals surface area contributed by atoms with Crippen LogP contribution < -0.4 is 0 Å². The van der Waals surface area contributed by atoms with Gasteiger partial charge in [-0.15, -0.1) is 11.6 Å². The Bertz CT molecular complexity index is 522. The van der Waals surface area contributed by atoms with Gasteiger partial charge in [0, 0.05) is 6.07 Å². The maximum atomic E-state index is 11.4. The fourth-order valence-corrected chi connectivity index (χ4v) is 1.62. The summed E-state index contributed by atoms with van der Waals surface area (Å²) in [6.07, 6.45) is 0. The molecule has 1 aromatic carbocycles. The average molecular weight is 255 g/mol. The van der Waals surface area contributed by atoms with Crippen LogP contribution >= 0.6 is 11.6 Å². The third-order valence-corrected chi connectivity index (χ3v) is 2.40. The molecule has 88 valence electrons. The van der Waals surface area contributed by atoms with E-state index in [9.17, 15) is 14.9 Å². The number of nitrogens with zero attached hydrogens (tertiary/aromatic N) is 2. The topological polar surface area (TPSA) is 93.2 Å². The molecule has 0 heterocycles. The van der Waals surface area contributed by atoms with E-state index >= 15 is 0 Å². The molecular formula is C10H7ClN2O4. The predicted molar refractivity (Wildman–Crippen MR) is 58.7 cm³/mol. The van der Waals surface area contributed by atoms with Crippen LogP contribution in [0.15, 0.2) is 12.1 Å². The number of carbonyl (C=O) groups is 1. The van der Waals surface area contributed by atoms with Gasteiger partial charge in [-0.2, -0.15) is 5.26 Å². The van der Waals surface area contributed by atoms with Crippen molar-refractivity contribution in [3.63, 3.8) is 0 Å². The molecule has 0 radical (unpaired) electrons. The molecule has 0 N–H and O–H groups in total. The zero-order valence-corrected chi connectivity index (χ0v) is 9.52. The normalized spacial score (nSPS) is 9.47. The van der Waals surface area contributed by atoms with Crippen molar-refractivity contribution in [1.82, 2.24) is 0 Å². The molecule has 0 aliphatic rings. The third kappa shape index (κ3) is 2.34. The van der Waals surface area contributed by atoms with Crippen LogP contribution in [-0.4, -0.2) is 18.0 Å². The highest BCUT2D eigenvalue weighted by Gasteiger charge is 2.23. The molecular weight excluding hydrogens is 248 g/mol. The molecule has 1 aromatic rings. The number of hydrogen-bond donors (Lipinski definition) is 0. The Morgan fingerprint density at radius 1 is 1.65 bits per heavy atom. The van der Waals surface area contributed by atoms with Crippen LogP contribution in [0, 0.1) is 21.4 Å². The number of hydrogen-bond acceptors (Lipinski definition) is 5. The first-order valence-corrected chi connectivity index (χ1v) is 4.94. The minimum atomic E-state index is -0.734. The molecule has 0 bridgehead atoms. The van der Waals surface area contributed by atoms with Crippen molar-refractivity contribution < 1.29 is 14.5 Å². The van der Waals surface area contributed by atoms with Crippen molar-refractivity contribution in [1.29, 1.82) is 5.26 Å². The second kappa shape index (κ2) is 5.27. The lowest BCUT2D eigenvalue weighted by Crippen LogP contribution is -2.08. The highest BCUT2D eigenvalue weighted by atomic mass is 35.5. The van der Waals surface area contributed by atoms with Crippen LogP contribution in [0.3, 0.4) is 0 Å². The van der Waals surface area contributed by atoms with Gasteiger partial charge in [-0.25, -0.2) is 4.79 Å². The molecule has 0 aliphatic heterocycles. The number of ether oxygens (including phenoxy) is 1. The van der Waals surface area contributed by atoms with Crippen LogP contribution in [0.4, 0.5) is 5.69 Å². The van der Waals surface area contributed by atoms with Crippen molar-refractivity contribution in [2.45, 2.75) is 5.88 Å². The third-order valence-electron chi connectivity index (χ3n) is 2.14. The number of halogens is 1. The number of nitriles is 1. The van der Waals surface area contributed by atoms with Crippen molar-refractivity contribution >= 4 is 23.3 Å². The Kier molecular flexibility index (Phi) is 4.01. The Labute approximate surface area is 102 Å². The first-order chi connectivity index (χ1) is 8.06. The van der Waals surface area contributed by atoms with E-state index < -0.39 is 10.9 Å². The number of carbonyl (C=O) groups excluding carboxylic acids is 1. The zero-order chi connectivity index (χ0) is 13.0. The summed E-state index contributed by atoms with van der Waals surface area (Å²) in [5, 5.41) is 19.7. The molecule has 6 nitrogen and oxygen atoms in total. The minimum absolute atomic E-state index is 0.0158. The van der Waals surface area contributed by atoms with Gasteiger partial charge in [0.2, 0.25) is 0 Å². The Morgan fingerprint density at radius 3 is 2.71 bits per heavy atom. The van der Waals surface area contributed by atoms with Crippen molar-refractivity contribution in [3.05, 3.63) is 38.9 Å². The van der Waals surface area contributed by atoms with E-state index in [0.717, 1.165) is 13.2 Å². The minimum Gasteiger partial charge on any atom is -0.465 e. The lowest BCUT2D eigenvalue weighted by atomic mass is 10.0. The predicted octanol–water partition coefficient (Wildman–Crippen LogP) is 1.99. The van der Waals surface area contributed by atoms with Gasteiger partial charge >= 0.3 is 5.97 Å². The Morgan fingerprint density at radius 2 is 2.29 bits per heavy atom. The molecule has 7 heteroatoms. The number of benzene rings is 1. The van der Waals surface area contributed by atoms with Gasteiger partial charge in [-0.3, -0.25) is 10.1 Å². The highest BCUT2D eigenvalue weighted by molar-refractivity contribution is 6.17. The fourth-order valence-electron chi connectivity index (χ4n) is 1.35. The lowest BCUT2D eigenvalue weighted by Gasteiger charge is -2.06. The van der Waals surface area contributed by atoms with E-state index in [1.807, 2.05) is 0 Å². The summed E-state index contributed by atoms with van der Waals surface area (Å²) >= 11 is 5.57. The fraction of sp³-hybridized carbons (Fsp3) is 0.200. The molecule has 1 rings (SSSR count). The maximum absolute atomic E-state index is 11.4. The van der Waals surface area contributed by atoms with E-state index in [0.29, 0.717) is 0 Å². The number of nitro groups is 1. The molecule has 0 atom stereocenters.